The van der Waals surface area contributed by atoms with Crippen LogP contribution in [-0.2, 0) is 16.4 Å². The first-order valence-electron chi connectivity index (χ1n) is 9.41. The summed E-state index contributed by atoms with van der Waals surface area (Å²) < 4.78 is 31.5. The molecule has 146 valence electrons. The fourth-order valence-corrected chi connectivity index (χ4v) is 5.56. The van der Waals surface area contributed by atoms with Gasteiger partial charge in [0.2, 0.25) is 15.8 Å². The Hall–Kier alpha value is -3.12. The zero-order valence-electron chi connectivity index (χ0n) is 16.0. The van der Waals surface area contributed by atoms with Crippen molar-refractivity contribution >= 4 is 43.2 Å². The van der Waals surface area contributed by atoms with Crippen molar-refractivity contribution in [2.45, 2.75) is 19.4 Å². The van der Waals surface area contributed by atoms with E-state index in [0.717, 1.165) is 21.7 Å². The number of furan rings is 1. The van der Waals surface area contributed by atoms with E-state index in [4.69, 9.17) is 4.42 Å². The Kier molecular flexibility index (Phi) is 3.83. The van der Waals surface area contributed by atoms with Gasteiger partial charge in [0, 0.05) is 17.0 Å². The molecule has 1 aliphatic heterocycles. The van der Waals surface area contributed by atoms with Gasteiger partial charge in [-0.1, -0.05) is 30.3 Å². The second-order valence-corrected chi connectivity index (χ2v) is 9.45. The fraction of sp³-hybridized carbons (Fsp3) is 0.174. The number of ketones is 1. The summed E-state index contributed by atoms with van der Waals surface area (Å²) in [4.78, 5) is 13.1. The average Bonchev–Trinajstić information content (AvgIpc) is 3.26. The standard InChI is InChI=1S/C23H19NO4S/c1-14-11-17-12-16(7-9-20(17)24(14)29(2,26)27)23(25)22-13-19-18-6-4-3-5-15(18)8-10-21(19)28-22/h3-10,12-14H,11H2,1-2H3/t14-/m0/s1. The maximum Gasteiger partial charge on any atom is 0.232 e. The van der Waals surface area contributed by atoms with E-state index in [2.05, 4.69) is 0 Å². The van der Waals surface area contributed by atoms with Crippen LogP contribution in [0.15, 0.2) is 65.1 Å². The molecular formula is C23H19NO4S. The zero-order valence-corrected chi connectivity index (χ0v) is 16.9. The number of benzene rings is 3. The number of carbonyl (C=O) groups is 1. The molecule has 0 saturated heterocycles. The van der Waals surface area contributed by atoms with E-state index >= 15 is 0 Å². The van der Waals surface area contributed by atoms with E-state index in [1.807, 2.05) is 43.3 Å². The number of anilines is 1. The molecule has 0 bridgehead atoms. The molecule has 5 nitrogen and oxygen atoms in total. The Labute approximate surface area is 168 Å². The van der Waals surface area contributed by atoms with Crippen LogP contribution in [0, 0.1) is 0 Å². The van der Waals surface area contributed by atoms with Crippen LogP contribution < -0.4 is 4.31 Å². The summed E-state index contributed by atoms with van der Waals surface area (Å²) in [5.41, 5.74) is 2.67. The smallest absolute Gasteiger partial charge is 0.232 e. The van der Waals surface area contributed by atoms with Crippen LogP contribution in [0.5, 0.6) is 0 Å². The Balaban J connectivity index is 1.57. The highest BCUT2D eigenvalue weighted by Gasteiger charge is 2.33. The summed E-state index contributed by atoms with van der Waals surface area (Å²) >= 11 is 0. The quantitative estimate of drug-likeness (QED) is 0.470. The third-order valence-electron chi connectivity index (χ3n) is 5.50. The van der Waals surface area contributed by atoms with Gasteiger partial charge in [-0.05, 0) is 60.0 Å². The number of sulfonamides is 1. The summed E-state index contributed by atoms with van der Waals surface area (Å²) in [6.45, 7) is 1.87. The molecule has 3 aromatic carbocycles. The summed E-state index contributed by atoms with van der Waals surface area (Å²) in [7, 11) is -3.36. The van der Waals surface area contributed by atoms with Gasteiger partial charge in [-0.2, -0.15) is 0 Å². The van der Waals surface area contributed by atoms with E-state index in [0.29, 0.717) is 23.3 Å². The predicted molar refractivity (Wildman–Crippen MR) is 114 cm³/mol. The van der Waals surface area contributed by atoms with Crippen molar-refractivity contribution in [1.29, 1.82) is 0 Å². The van der Waals surface area contributed by atoms with Crippen LogP contribution >= 0.6 is 0 Å². The topological polar surface area (TPSA) is 67.6 Å². The molecule has 1 aromatic heterocycles. The first-order valence-corrected chi connectivity index (χ1v) is 11.3. The molecule has 29 heavy (non-hydrogen) atoms. The van der Waals surface area contributed by atoms with Crippen molar-refractivity contribution in [3.8, 4) is 0 Å². The number of rotatable bonds is 3. The van der Waals surface area contributed by atoms with Crippen LogP contribution in [0.25, 0.3) is 21.7 Å². The third-order valence-corrected chi connectivity index (χ3v) is 6.77. The molecule has 0 N–H and O–H groups in total. The highest BCUT2D eigenvalue weighted by atomic mass is 32.2. The third kappa shape index (κ3) is 2.83. The Morgan fingerprint density at radius 2 is 1.83 bits per heavy atom. The number of carbonyl (C=O) groups excluding carboxylic acids is 1. The minimum atomic E-state index is -3.36. The van der Waals surface area contributed by atoms with Gasteiger partial charge in [-0.25, -0.2) is 8.42 Å². The van der Waals surface area contributed by atoms with Crippen LogP contribution in [-0.4, -0.2) is 26.5 Å². The second kappa shape index (κ2) is 6.19. The van der Waals surface area contributed by atoms with Crippen LogP contribution in [0.3, 0.4) is 0 Å². The summed E-state index contributed by atoms with van der Waals surface area (Å²) in [5, 5.41) is 3.04. The van der Waals surface area contributed by atoms with Gasteiger partial charge in [-0.15, -0.1) is 0 Å². The lowest BCUT2D eigenvalue weighted by Crippen LogP contribution is -2.34. The van der Waals surface area contributed by atoms with Crippen LogP contribution in [0.4, 0.5) is 5.69 Å². The Morgan fingerprint density at radius 3 is 2.62 bits per heavy atom. The molecule has 0 radical (unpaired) electrons. The molecule has 0 amide bonds. The minimum absolute atomic E-state index is 0.164. The van der Waals surface area contributed by atoms with Crippen molar-refractivity contribution < 1.29 is 17.6 Å². The van der Waals surface area contributed by atoms with Crippen molar-refractivity contribution in [2.75, 3.05) is 10.6 Å². The molecular weight excluding hydrogens is 386 g/mol. The molecule has 1 aliphatic rings. The van der Waals surface area contributed by atoms with Gasteiger partial charge in [0.25, 0.3) is 0 Å². The maximum absolute atomic E-state index is 13.1. The maximum atomic E-state index is 13.1. The number of fused-ring (bicyclic) bond motifs is 4. The molecule has 2 heterocycles. The molecule has 0 aliphatic carbocycles. The lowest BCUT2D eigenvalue weighted by atomic mass is 10.0. The lowest BCUT2D eigenvalue weighted by Gasteiger charge is -2.21. The molecule has 1 atom stereocenters. The van der Waals surface area contributed by atoms with E-state index in [1.165, 1.54) is 10.6 Å². The highest BCUT2D eigenvalue weighted by Crippen LogP contribution is 2.35. The van der Waals surface area contributed by atoms with Gasteiger partial charge in [-0.3, -0.25) is 9.10 Å². The predicted octanol–water partition coefficient (Wildman–Crippen LogP) is 4.53. The summed E-state index contributed by atoms with van der Waals surface area (Å²) in [6.07, 6.45) is 1.78. The van der Waals surface area contributed by atoms with Crippen molar-refractivity contribution in [3.63, 3.8) is 0 Å². The van der Waals surface area contributed by atoms with E-state index in [9.17, 15) is 13.2 Å². The second-order valence-electron chi connectivity index (χ2n) is 7.59. The average molecular weight is 405 g/mol. The molecule has 4 aromatic rings. The summed E-state index contributed by atoms with van der Waals surface area (Å²) in [5.74, 6) is 0.0702. The number of hydrogen-bond donors (Lipinski definition) is 0. The lowest BCUT2D eigenvalue weighted by molar-refractivity contribution is 0.101. The van der Waals surface area contributed by atoms with Gasteiger partial charge < -0.3 is 4.42 Å². The van der Waals surface area contributed by atoms with Crippen molar-refractivity contribution in [1.82, 2.24) is 0 Å². The van der Waals surface area contributed by atoms with Crippen LogP contribution in [0.2, 0.25) is 0 Å². The SMILES string of the molecule is C[C@H]1Cc2cc(C(=O)c3cc4c(ccc5ccccc54)o3)ccc2N1S(C)(=O)=O. The van der Waals surface area contributed by atoms with Gasteiger partial charge in [0.1, 0.15) is 5.58 Å². The van der Waals surface area contributed by atoms with Crippen molar-refractivity contribution in [2.24, 2.45) is 0 Å². The molecule has 5 rings (SSSR count). The number of nitrogens with zero attached hydrogens (tertiary/aromatic N) is 1. The van der Waals surface area contributed by atoms with E-state index in [1.54, 1.807) is 24.3 Å². The molecule has 0 saturated carbocycles. The van der Waals surface area contributed by atoms with E-state index < -0.39 is 10.0 Å². The normalized spacial score (nSPS) is 16.5. The van der Waals surface area contributed by atoms with Gasteiger partial charge in [0.15, 0.2) is 5.76 Å². The molecule has 6 heteroatoms. The van der Waals surface area contributed by atoms with Crippen molar-refractivity contribution in [3.05, 3.63) is 77.6 Å². The molecule has 0 spiro atoms. The zero-order chi connectivity index (χ0) is 20.3. The largest absolute Gasteiger partial charge is 0.453 e. The fourth-order valence-electron chi connectivity index (χ4n) is 4.30. The summed E-state index contributed by atoms with van der Waals surface area (Å²) in [6, 6.07) is 18.6. The molecule has 0 fully saturated rings. The molecule has 0 unspecified atom stereocenters. The van der Waals surface area contributed by atoms with Gasteiger partial charge in [0.05, 0.1) is 11.9 Å². The Morgan fingerprint density at radius 1 is 1.03 bits per heavy atom. The minimum Gasteiger partial charge on any atom is -0.453 e. The first-order chi connectivity index (χ1) is 13.8. The van der Waals surface area contributed by atoms with E-state index in [-0.39, 0.29) is 17.6 Å². The monoisotopic (exact) mass is 405 g/mol. The number of hydrogen-bond acceptors (Lipinski definition) is 4. The Bertz CT molecular complexity index is 1400. The first kappa shape index (κ1) is 17.9. The van der Waals surface area contributed by atoms with Crippen LogP contribution in [0.1, 0.15) is 28.6 Å². The van der Waals surface area contributed by atoms with Gasteiger partial charge >= 0.3 is 0 Å². The highest BCUT2D eigenvalue weighted by molar-refractivity contribution is 7.92.